The molecular weight excluding hydrogens is 456 g/mol. The van der Waals surface area contributed by atoms with Crippen molar-refractivity contribution in [1.82, 2.24) is 14.8 Å². The van der Waals surface area contributed by atoms with E-state index in [9.17, 15) is 0 Å². The number of methoxy groups -OCH3 is 1. The van der Waals surface area contributed by atoms with Gasteiger partial charge >= 0.3 is 0 Å². The highest BCUT2D eigenvalue weighted by molar-refractivity contribution is 7.98. The van der Waals surface area contributed by atoms with Crippen LogP contribution >= 0.6 is 11.8 Å². The molecule has 6 rings (SSSR count). The lowest BCUT2D eigenvalue weighted by molar-refractivity contribution is 0.217. The number of nitrogens with zero attached hydrogens (tertiary/aromatic N) is 3. The fourth-order valence-electron chi connectivity index (χ4n) is 4.92. The van der Waals surface area contributed by atoms with Gasteiger partial charge in [0.1, 0.15) is 17.5 Å². The van der Waals surface area contributed by atoms with Gasteiger partial charge in [-0.05, 0) is 43.9 Å². The van der Waals surface area contributed by atoms with Gasteiger partial charge in [0.25, 0.3) is 0 Å². The molecule has 0 radical (unpaired) electrons. The van der Waals surface area contributed by atoms with Crippen molar-refractivity contribution in [3.63, 3.8) is 0 Å². The summed E-state index contributed by atoms with van der Waals surface area (Å²) in [5.41, 5.74) is 7.61. The minimum atomic E-state index is -0.370. The van der Waals surface area contributed by atoms with Crippen molar-refractivity contribution < 1.29 is 9.47 Å². The third-order valence-electron chi connectivity index (χ3n) is 6.61. The van der Waals surface area contributed by atoms with Crippen molar-refractivity contribution in [1.29, 1.82) is 0 Å². The largest absolute Gasteiger partial charge is 0.496 e. The molecule has 7 heteroatoms. The zero-order valence-electron chi connectivity index (χ0n) is 20.1. The summed E-state index contributed by atoms with van der Waals surface area (Å²) in [4.78, 5) is 4.78. The summed E-state index contributed by atoms with van der Waals surface area (Å²) < 4.78 is 14.5. The lowest BCUT2D eigenvalue weighted by Crippen LogP contribution is -2.32. The molecule has 0 fully saturated rings. The third-order valence-corrected chi connectivity index (χ3v) is 7.14. The van der Waals surface area contributed by atoms with E-state index in [0.29, 0.717) is 0 Å². The first-order valence-corrected chi connectivity index (χ1v) is 12.8. The van der Waals surface area contributed by atoms with E-state index in [-0.39, 0.29) is 12.1 Å². The summed E-state index contributed by atoms with van der Waals surface area (Å²) >= 11 is 1.53. The Balaban J connectivity index is 1.65. The lowest BCUT2D eigenvalue weighted by Gasteiger charge is -2.39. The number of aromatic nitrogens is 3. The predicted octanol–water partition coefficient (Wildman–Crippen LogP) is 6.19. The highest BCUT2D eigenvalue weighted by Crippen LogP contribution is 2.52. The van der Waals surface area contributed by atoms with Gasteiger partial charge in [0, 0.05) is 16.7 Å². The number of anilines is 1. The Morgan fingerprint density at radius 3 is 2.54 bits per heavy atom. The Bertz CT molecular complexity index is 1460. The SMILES string of the molecule is COc1ccccc1[C@@H]1Oc2ccc(C)cc2C2=C1[C@H](c1ccc(C)cc1)n1nc(SC)nc1N2. The average molecular weight is 483 g/mol. The highest BCUT2D eigenvalue weighted by atomic mass is 32.2. The molecule has 0 saturated heterocycles. The number of para-hydroxylation sites is 1. The molecule has 0 aliphatic carbocycles. The number of fused-ring (bicyclic) bond motifs is 3. The maximum Gasteiger partial charge on any atom is 0.227 e. The average Bonchev–Trinajstić information content (AvgIpc) is 3.31. The van der Waals surface area contributed by atoms with Gasteiger partial charge in [-0.1, -0.05) is 71.4 Å². The van der Waals surface area contributed by atoms with Crippen LogP contribution in [0, 0.1) is 13.8 Å². The fourth-order valence-corrected chi connectivity index (χ4v) is 5.27. The van der Waals surface area contributed by atoms with Crippen molar-refractivity contribution in [3.05, 3.63) is 100 Å². The minimum Gasteiger partial charge on any atom is -0.496 e. The Morgan fingerprint density at radius 1 is 1.00 bits per heavy atom. The zero-order valence-corrected chi connectivity index (χ0v) is 20.9. The molecule has 35 heavy (non-hydrogen) atoms. The van der Waals surface area contributed by atoms with Crippen LogP contribution in [0.5, 0.6) is 11.5 Å². The number of aryl methyl sites for hydroxylation is 2. The van der Waals surface area contributed by atoms with Crippen LogP contribution in [0.25, 0.3) is 5.70 Å². The summed E-state index contributed by atoms with van der Waals surface area (Å²) in [7, 11) is 1.70. The molecule has 1 N–H and O–H groups in total. The lowest BCUT2D eigenvalue weighted by atomic mass is 9.84. The molecule has 0 unspecified atom stereocenters. The van der Waals surface area contributed by atoms with Crippen LogP contribution in [0.3, 0.4) is 0 Å². The first kappa shape index (κ1) is 21.8. The van der Waals surface area contributed by atoms with Gasteiger partial charge in [0.2, 0.25) is 11.1 Å². The van der Waals surface area contributed by atoms with E-state index in [1.54, 1.807) is 7.11 Å². The van der Waals surface area contributed by atoms with Gasteiger partial charge in [-0.25, -0.2) is 4.68 Å². The molecular formula is C28H26N4O2S. The standard InChI is InChI=1S/C28H26N4O2S/c1-16-9-12-18(13-10-16)25-23-24(29-27-30-28(35-4)31-32(25)27)20-15-17(2)11-14-22(20)34-26(23)19-7-5-6-8-21(19)33-3/h5-15,25-26H,1-4H3,(H,29,30,31)/t25-,26-/m0/s1. The summed E-state index contributed by atoms with van der Waals surface area (Å²) in [5.74, 6) is 2.35. The summed E-state index contributed by atoms with van der Waals surface area (Å²) in [6.45, 7) is 4.20. The van der Waals surface area contributed by atoms with Gasteiger partial charge in [0.05, 0.1) is 12.8 Å². The molecule has 2 aliphatic rings. The molecule has 1 aromatic heterocycles. The van der Waals surface area contributed by atoms with E-state index in [1.165, 1.54) is 22.9 Å². The van der Waals surface area contributed by atoms with E-state index in [0.717, 1.165) is 50.6 Å². The van der Waals surface area contributed by atoms with Crippen molar-refractivity contribution in [2.24, 2.45) is 0 Å². The molecule has 6 nitrogen and oxygen atoms in total. The Labute approximate surface area is 209 Å². The Morgan fingerprint density at radius 2 is 1.77 bits per heavy atom. The number of thioether (sulfide) groups is 1. The smallest absolute Gasteiger partial charge is 0.227 e. The summed E-state index contributed by atoms with van der Waals surface area (Å²) in [6, 6.07) is 22.8. The second-order valence-electron chi connectivity index (χ2n) is 8.87. The predicted molar refractivity (Wildman–Crippen MR) is 139 cm³/mol. The molecule has 4 aromatic rings. The third kappa shape index (κ3) is 3.58. The number of ether oxygens (including phenoxy) is 2. The van der Waals surface area contributed by atoms with Crippen molar-refractivity contribution in [2.75, 3.05) is 18.7 Å². The van der Waals surface area contributed by atoms with Gasteiger partial charge in [0.15, 0.2) is 6.10 Å². The van der Waals surface area contributed by atoms with Gasteiger partial charge in [-0.2, -0.15) is 4.98 Å². The van der Waals surface area contributed by atoms with Gasteiger partial charge in [-0.15, -0.1) is 5.10 Å². The summed E-state index contributed by atoms with van der Waals surface area (Å²) in [5, 5.41) is 9.22. The molecule has 3 heterocycles. The minimum absolute atomic E-state index is 0.196. The van der Waals surface area contributed by atoms with Crippen LogP contribution in [0.1, 0.15) is 40.0 Å². The molecule has 0 saturated carbocycles. The normalized spacial score (nSPS) is 18.2. The van der Waals surface area contributed by atoms with E-state index >= 15 is 0 Å². The maximum atomic E-state index is 6.76. The number of benzene rings is 3. The second-order valence-corrected chi connectivity index (χ2v) is 9.65. The number of hydrogen-bond donors (Lipinski definition) is 1. The number of rotatable bonds is 4. The molecule has 0 amide bonds. The van der Waals surface area contributed by atoms with Crippen LogP contribution in [0.2, 0.25) is 0 Å². The molecule has 0 bridgehead atoms. The number of nitrogens with one attached hydrogen (secondary N) is 1. The van der Waals surface area contributed by atoms with Crippen LogP contribution in [0.15, 0.2) is 77.5 Å². The Kier molecular flexibility index (Phi) is 5.29. The first-order chi connectivity index (χ1) is 17.1. The molecule has 3 aromatic carbocycles. The van der Waals surface area contributed by atoms with Crippen molar-refractivity contribution in [3.8, 4) is 11.5 Å². The molecule has 2 atom stereocenters. The fraction of sp³-hybridized carbons (Fsp3) is 0.214. The first-order valence-electron chi connectivity index (χ1n) is 11.6. The van der Waals surface area contributed by atoms with Crippen molar-refractivity contribution in [2.45, 2.75) is 31.1 Å². The van der Waals surface area contributed by atoms with E-state index in [2.05, 4.69) is 61.6 Å². The molecule has 2 aliphatic heterocycles. The maximum absolute atomic E-state index is 6.76. The quantitative estimate of drug-likeness (QED) is 0.350. The number of hydrogen-bond acceptors (Lipinski definition) is 6. The van der Waals surface area contributed by atoms with Crippen LogP contribution in [-0.4, -0.2) is 28.1 Å². The second kappa shape index (κ2) is 8.50. The van der Waals surface area contributed by atoms with Gasteiger partial charge in [-0.3, -0.25) is 0 Å². The highest BCUT2D eigenvalue weighted by Gasteiger charge is 2.42. The molecule has 0 spiro atoms. The van der Waals surface area contributed by atoms with Gasteiger partial charge < -0.3 is 14.8 Å². The zero-order chi connectivity index (χ0) is 24.1. The van der Waals surface area contributed by atoms with Crippen LogP contribution in [0.4, 0.5) is 5.95 Å². The van der Waals surface area contributed by atoms with E-state index in [4.69, 9.17) is 19.6 Å². The topological polar surface area (TPSA) is 61.2 Å². The van der Waals surface area contributed by atoms with E-state index in [1.807, 2.05) is 35.2 Å². The van der Waals surface area contributed by atoms with Crippen LogP contribution in [-0.2, 0) is 0 Å². The van der Waals surface area contributed by atoms with Crippen LogP contribution < -0.4 is 14.8 Å². The van der Waals surface area contributed by atoms with Crippen molar-refractivity contribution >= 4 is 23.4 Å². The molecule has 176 valence electrons. The Hall–Kier alpha value is -3.71. The van der Waals surface area contributed by atoms with E-state index < -0.39 is 0 Å². The summed E-state index contributed by atoms with van der Waals surface area (Å²) in [6.07, 6.45) is 1.62. The monoisotopic (exact) mass is 482 g/mol.